The first-order valence-electron chi connectivity index (χ1n) is 5.58. The van der Waals surface area contributed by atoms with Crippen LogP contribution in [0, 0.1) is 10.1 Å². The molecule has 100 valence electrons. The number of furan rings is 1. The van der Waals surface area contributed by atoms with Crippen molar-refractivity contribution in [3.63, 3.8) is 0 Å². The van der Waals surface area contributed by atoms with Crippen LogP contribution in [0.5, 0.6) is 0 Å². The molecule has 2 aromatic heterocycles. The minimum Gasteiger partial charge on any atom is -0.399 e. The van der Waals surface area contributed by atoms with E-state index in [9.17, 15) is 10.1 Å². The van der Waals surface area contributed by atoms with Gasteiger partial charge in [-0.15, -0.1) is 0 Å². The van der Waals surface area contributed by atoms with Gasteiger partial charge in [-0.05, 0) is 18.2 Å². The number of benzene rings is 1. The van der Waals surface area contributed by atoms with Crippen molar-refractivity contribution in [3.05, 3.63) is 46.5 Å². The molecule has 8 heteroatoms. The number of nitro groups is 1. The first-order valence-corrected chi connectivity index (χ1v) is 5.58. The highest BCUT2D eigenvalue weighted by Crippen LogP contribution is 2.27. The maximum atomic E-state index is 10.5. The van der Waals surface area contributed by atoms with Crippen LogP contribution in [0.1, 0.15) is 0 Å². The van der Waals surface area contributed by atoms with Gasteiger partial charge < -0.3 is 14.7 Å². The number of hydrogen-bond acceptors (Lipinski definition) is 7. The van der Waals surface area contributed by atoms with Gasteiger partial charge in [-0.2, -0.15) is 4.98 Å². The number of nitrogen functional groups attached to an aromatic ring is 1. The van der Waals surface area contributed by atoms with E-state index >= 15 is 0 Å². The number of rotatable bonds is 3. The third-order valence-corrected chi connectivity index (χ3v) is 2.55. The summed E-state index contributed by atoms with van der Waals surface area (Å²) in [5.74, 6) is 0.143. The van der Waals surface area contributed by atoms with E-state index in [2.05, 4.69) is 10.1 Å². The molecule has 3 aromatic rings. The van der Waals surface area contributed by atoms with Gasteiger partial charge in [0.15, 0.2) is 5.76 Å². The van der Waals surface area contributed by atoms with Gasteiger partial charge in [0.1, 0.15) is 4.92 Å². The van der Waals surface area contributed by atoms with Gasteiger partial charge in [-0.1, -0.05) is 17.3 Å². The number of hydrogen-bond donors (Lipinski definition) is 1. The molecule has 2 N–H and O–H groups in total. The summed E-state index contributed by atoms with van der Waals surface area (Å²) in [6.45, 7) is 0. The lowest BCUT2D eigenvalue weighted by molar-refractivity contribution is -0.401. The van der Waals surface area contributed by atoms with E-state index in [-0.39, 0.29) is 17.5 Å². The highest BCUT2D eigenvalue weighted by molar-refractivity contribution is 5.62. The Hall–Kier alpha value is -3.16. The van der Waals surface area contributed by atoms with Crippen LogP contribution in [0.25, 0.3) is 23.0 Å². The van der Waals surface area contributed by atoms with Crippen molar-refractivity contribution in [2.75, 3.05) is 5.73 Å². The van der Waals surface area contributed by atoms with Gasteiger partial charge >= 0.3 is 5.88 Å². The third-order valence-electron chi connectivity index (χ3n) is 2.55. The molecule has 0 aliphatic rings. The lowest BCUT2D eigenvalue weighted by Crippen LogP contribution is -1.86. The molecule has 0 unspecified atom stereocenters. The summed E-state index contributed by atoms with van der Waals surface area (Å²) >= 11 is 0. The Labute approximate surface area is 112 Å². The van der Waals surface area contributed by atoms with Crippen molar-refractivity contribution in [1.29, 1.82) is 0 Å². The average Bonchev–Trinajstić information content (AvgIpc) is 3.08. The molecule has 20 heavy (non-hydrogen) atoms. The molecule has 0 aliphatic heterocycles. The predicted molar refractivity (Wildman–Crippen MR) is 68.5 cm³/mol. The number of aromatic nitrogens is 2. The Morgan fingerprint density at radius 3 is 2.80 bits per heavy atom. The van der Waals surface area contributed by atoms with Crippen LogP contribution in [0.3, 0.4) is 0 Å². The number of anilines is 1. The molecule has 1 aromatic carbocycles. The molecule has 0 amide bonds. The maximum Gasteiger partial charge on any atom is 0.433 e. The summed E-state index contributed by atoms with van der Waals surface area (Å²) in [4.78, 5) is 14.0. The van der Waals surface area contributed by atoms with Crippen LogP contribution in [0.15, 0.2) is 45.3 Å². The Balaban J connectivity index is 1.95. The fourth-order valence-electron chi connectivity index (χ4n) is 1.66. The SMILES string of the molecule is Nc1cccc(-c2noc(-c3ccc([N+](=O)[O-])o3)n2)c1. The minimum absolute atomic E-state index is 0.0653. The van der Waals surface area contributed by atoms with Crippen LogP contribution in [-0.4, -0.2) is 15.1 Å². The lowest BCUT2D eigenvalue weighted by atomic mass is 10.2. The Kier molecular flexibility index (Phi) is 2.68. The van der Waals surface area contributed by atoms with E-state index in [0.717, 1.165) is 0 Å². The van der Waals surface area contributed by atoms with Crippen molar-refractivity contribution in [2.45, 2.75) is 0 Å². The minimum atomic E-state index is -0.640. The quantitative estimate of drug-likeness (QED) is 0.441. The van der Waals surface area contributed by atoms with Crippen LogP contribution in [0.2, 0.25) is 0 Å². The van der Waals surface area contributed by atoms with Crippen molar-refractivity contribution in [1.82, 2.24) is 10.1 Å². The maximum absolute atomic E-state index is 10.5. The van der Waals surface area contributed by atoms with Gasteiger partial charge in [0, 0.05) is 11.3 Å². The van der Waals surface area contributed by atoms with Crippen molar-refractivity contribution in [2.24, 2.45) is 0 Å². The molecule has 0 fully saturated rings. The third kappa shape index (κ3) is 2.09. The molecule has 0 saturated heterocycles. The van der Waals surface area contributed by atoms with Gasteiger partial charge in [-0.25, -0.2) is 0 Å². The topological polar surface area (TPSA) is 121 Å². The molecule has 2 heterocycles. The Morgan fingerprint density at radius 2 is 2.10 bits per heavy atom. The molecule has 8 nitrogen and oxygen atoms in total. The molecule has 3 rings (SSSR count). The first kappa shape index (κ1) is 11.9. The second kappa shape index (κ2) is 4.50. The van der Waals surface area contributed by atoms with Gasteiger partial charge in [0.05, 0.1) is 6.07 Å². The molecule has 0 bridgehead atoms. The number of nitrogens with zero attached hydrogens (tertiary/aromatic N) is 3. The normalized spacial score (nSPS) is 10.6. The summed E-state index contributed by atoms with van der Waals surface area (Å²) in [7, 11) is 0. The van der Waals surface area contributed by atoms with E-state index < -0.39 is 4.92 Å². The first-order chi connectivity index (χ1) is 9.63. The molecular formula is C12H8N4O4. The summed E-state index contributed by atoms with van der Waals surface area (Å²) in [5, 5.41) is 14.3. The standard InChI is InChI=1S/C12H8N4O4/c13-8-3-1-2-7(6-8)11-14-12(20-15-11)9-4-5-10(19-9)16(17)18/h1-6H,13H2. The van der Waals surface area contributed by atoms with Gasteiger partial charge in [-0.3, -0.25) is 10.1 Å². The molecule has 0 spiro atoms. The second-order valence-electron chi connectivity index (χ2n) is 3.94. The fraction of sp³-hybridized carbons (Fsp3) is 0. The highest BCUT2D eigenvalue weighted by Gasteiger charge is 2.18. The van der Waals surface area contributed by atoms with E-state index in [1.807, 2.05) is 0 Å². The monoisotopic (exact) mass is 272 g/mol. The van der Waals surface area contributed by atoms with Crippen LogP contribution >= 0.6 is 0 Å². The van der Waals surface area contributed by atoms with Crippen molar-refractivity contribution < 1.29 is 13.9 Å². The Morgan fingerprint density at radius 1 is 1.25 bits per heavy atom. The second-order valence-corrected chi connectivity index (χ2v) is 3.94. The van der Waals surface area contributed by atoms with E-state index in [0.29, 0.717) is 17.1 Å². The average molecular weight is 272 g/mol. The van der Waals surface area contributed by atoms with Gasteiger partial charge in [0.2, 0.25) is 5.82 Å². The van der Waals surface area contributed by atoms with E-state index in [1.165, 1.54) is 12.1 Å². The zero-order valence-electron chi connectivity index (χ0n) is 10.0. The summed E-state index contributed by atoms with van der Waals surface area (Å²) < 4.78 is 10.0. The van der Waals surface area contributed by atoms with Gasteiger partial charge in [0.25, 0.3) is 5.89 Å². The zero-order chi connectivity index (χ0) is 14.1. The van der Waals surface area contributed by atoms with E-state index in [1.54, 1.807) is 24.3 Å². The molecule has 0 aliphatic carbocycles. The zero-order valence-corrected chi connectivity index (χ0v) is 10.0. The largest absolute Gasteiger partial charge is 0.433 e. The fourth-order valence-corrected chi connectivity index (χ4v) is 1.66. The number of nitrogens with two attached hydrogens (primary N) is 1. The van der Waals surface area contributed by atoms with Crippen molar-refractivity contribution >= 4 is 11.6 Å². The summed E-state index contributed by atoms with van der Waals surface area (Å²) in [5.41, 5.74) is 6.92. The Bertz CT molecular complexity index is 777. The van der Waals surface area contributed by atoms with E-state index in [4.69, 9.17) is 14.7 Å². The van der Waals surface area contributed by atoms with Crippen LogP contribution in [-0.2, 0) is 0 Å². The van der Waals surface area contributed by atoms with Crippen LogP contribution in [0.4, 0.5) is 11.6 Å². The molecule has 0 atom stereocenters. The van der Waals surface area contributed by atoms with Crippen molar-refractivity contribution in [3.8, 4) is 23.0 Å². The summed E-state index contributed by atoms with van der Waals surface area (Å²) in [6.07, 6.45) is 0. The van der Waals surface area contributed by atoms with Crippen LogP contribution < -0.4 is 5.73 Å². The molecular weight excluding hydrogens is 264 g/mol. The molecule has 0 radical (unpaired) electrons. The smallest absolute Gasteiger partial charge is 0.399 e. The highest BCUT2D eigenvalue weighted by atomic mass is 16.6. The molecule has 0 saturated carbocycles. The summed E-state index contributed by atoms with van der Waals surface area (Å²) in [6, 6.07) is 9.59. The predicted octanol–water partition coefficient (Wildman–Crippen LogP) is 2.49. The lowest BCUT2D eigenvalue weighted by Gasteiger charge is -1.95.